The average molecular weight is 322 g/mol. The first-order chi connectivity index (χ1) is 11.5. The smallest absolute Gasteiger partial charge is 0.290 e. The molecule has 3 rings (SSSR count). The Morgan fingerprint density at radius 2 is 2.04 bits per heavy atom. The summed E-state index contributed by atoms with van der Waals surface area (Å²) >= 11 is 0. The van der Waals surface area contributed by atoms with Gasteiger partial charge in [-0.1, -0.05) is 17.7 Å². The van der Waals surface area contributed by atoms with Crippen molar-refractivity contribution in [3.63, 3.8) is 0 Å². The van der Waals surface area contributed by atoms with Gasteiger partial charge in [-0.15, -0.1) is 0 Å². The van der Waals surface area contributed by atoms with Crippen molar-refractivity contribution in [1.82, 2.24) is 14.8 Å². The SMILES string of the molecule is C/C(=N\NC(=O)c1c(C)nc2ccccn12)c1cc(C)ccc1O. The van der Waals surface area contributed by atoms with Crippen molar-refractivity contribution >= 4 is 17.3 Å². The van der Waals surface area contributed by atoms with Gasteiger partial charge in [0.1, 0.15) is 17.1 Å². The van der Waals surface area contributed by atoms with E-state index in [0.29, 0.717) is 28.3 Å². The number of carbonyl (C=O) groups excluding carboxylic acids is 1. The maximum atomic E-state index is 12.5. The highest BCUT2D eigenvalue weighted by Crippen LogP contribution is 2.19. The molecule has 2 heterocycles. The van der Waals surface area contributed by atoms with Gasteiger partial charge in [-0.25, -0.2) is 10.4 Å². The molecule has 3 aromatic rings. The highest BCUT2D eigenvalue weighted by molar-refractivity contribution is 6.02. The summed E-state index contributed by atoms with van der Waals surface area (Å²) in [6, 6.07) is 10.8. The summed E-state index contributed by atoms with van der Waals surface area (Å²) in [5.74, 6) is -0.222. The molecule has 2 N–H and O–H groups in total. The van der Waals surface area contributed by atoms with Crippen LogP contribution in [0.15, 0.2) is 47.7 Å². The molecule has 0 fully saturated rings. The Hall–Kier alpha value is -3.15. The summed E-state index contributed by atoms with van der Waals surface area (Å²) in [6.07, 6.45) is 1.78. The number of nitrogens with zero attached hydrogens (tertiary/aromatic N) is 3. The number of amides is 1. The normalized spacial score (nSPS) is 11.7. The van der Waals surface area contributed by atoms with Crippen LogP contribution in [-0.2, 0) is 0 Å². The molecule has 1 aromatic carbocycles. The average Bonchev–Trinajstić information content (AvgIpc) is 2.90. The molecule has 2 aromatic heterocycles. The Bertz CT molecular complexity index is 957. The summed E-state index contributed by atoms with van der Waals surface area (Å²) in [6.45, 7) is 5.44. The van der Waals surface area contributed by atoms with Crippen LogP contribution in [0.25, 0.3) is 5.65 Å². The standard InChI is InChI=1S/C18H18N4O2/c1-11-7-8-15(23)14(10-11)12(2)20-21-18(24)17-13(3)19-16-6-4-5-9-22(16)17/h4-10,23H,1-3H3,(H,21,24)/b20-12+. The van der Waals surface area contributed by atoms with Crippen LogP contribution >= 0.6 is 0 Å². The van der Waals surface area contributed by atoms with Gasteiger partial charge in [-0.2, -0.15) is 5.10 Å². The van der Waals surface area contributed by atoms with Crippen molar-refractivity contribution in [3.8, 4) is 5.75 Å². The molecule has 0 unspecified atom stereocenters. The molecule has 0 aliphatic heterocycles. The summed E-state index contributed by atoms with van der Waals surface area (Å²) in [7, 11) is 0. The Labute approximate surface area is 139 Å². The fraction of sp³-hybridized carbons (Fsp3) is 0.167. The molecule has 1 amide bonds. The molecule has 24 heavy (non-hydrogen) atoms. The summed E-state index contributed by atoms with van der Waals surface area (Å²) in [5, 5.41) is 14.0. The Balaban J connectivity index is 1.89. The number of hydrogen-bond donors (Lipinski definition) is 2. The van der Waals surface area contributed by atoms with E-state index >= 15 is 0 Å². The zero-order valence-electron chi connectivity index (χ0n) is 13.7. The molecule has 122 valence electrons. The lowest BCUT2D eigenvalue weighted by Crippen LogP contribution is -2.22. The van der Waals surface area contributed by atoms with E-state index in [1.807, 2.05) is 37.3 Å². The zero-order valence-corrected chi connectivity index (χ0v) is 13.7. The molecular formula is C18H18N4O2. The van der Waals surface area contributed by atoms with Crippen LogP contribution < -0.4 is 5.43 Å². The van der Waals surface area contributed by atoms with Gasteiger partial charge in [0.05, 0.1) is 11.4 Å². The van der Waals surface area contributed by atoms with Crippen LogP contribution in [0.1, 0.15) is 34.2 Å². The molecular weight excluding hydrogens is 304 g/mol. The number of imidazole rings is 1. The molecule has 0 aliphatic rings. The first-order valence-electron chi connectivity index (χ1n) is 7.55. The van der Waals surface area contributed by atoms with E-state index in [2.05, 4.69) is 15.5 Å². The van der Waals surface area contributed by atoms with E-state index in [-0.39, 0.29) is 11.7 Å². The first-order valence-corrected chi connectivity index (χ1v) is 7.55. The third kappa shape index (κ3) is 2.86. The number of phenolic OH excluding ortho intramolecular Hbond substituents is 1. The molecule has 0 spiro atoms. The number of aryl methyl sites for hydroxylation is 2. The van der Waals surface area contributed by atoms with E-state index in [1.165, 1.54) is 0 Å². The number of aromatic hydroxyl groups is 1. The number of phenols is 1. The summed E-state index contributed by atoms with van der Waals surface area (Å²) < 4.78 is 1.72. The molecule has 6 nitrogen and oxygen atoms in total. The highest BCUT2D eigenvalue weighted by Gasteiger charge is 2.16. The van der Waals surface area contributed by atoms with Gasteiger partial charge in [-0.05, 0) is 45.0 Å². The molecule has 0 bridgehead atoms. The predicted octanol–water partition coefficient (Wildman–Crippen LogP) is 2.81. The quantitative estimate of drug-likeness (QED) is 0.575. The van der Waals surface area contributed by atoms with Crippen molar-refractivity contribution < 1.29 is 9.90 Å². The lowest BCUT2D eigenvalue weighted by Gasteiger charge is -2.06. The number of hydrogen-bond acceptors (Lipinski definition) is 4. The molecule has 0 aliphatic carbocycles. The number of rotatable bonds is 3. The maximum Gasteiger partial charge on any atom is 0.290 e. The minimum atomic E-state index is -0.349. The molecule has 0 saturated carbocycles. The van der Waals surface area contributed by atoms with Gasteiger partial charge in [0.2, 0.25) is 0 Å². The molecule has 6 heteroatoms. The summed E-state index contributed by atoms with van der Waals surface area (Å²) in [4.78, 5) is 16.8. The molecule has 0 atom stereocenters. The number of benzene rings is 1. The van der Waals surface area contributed by atoms with Crippen LogP contribution in [-0.4, -0.2) is 26.1 Å². The lowest BCUT2D eigenvalue weighted by atomic mass is 10.1. The second kappa shape index (κ2) is 6.16. The Morgan fingerprint density at radius 1 is 1.25 bits per heavy atom. The van der Waals surface area contributed by atoms with Gasteiger partial charge >= 0.3 is 0 Å². The Kier molecular flexibility index (Phi) is 4.04. The second-order valence-electron chi connectivity index (χ2n) is 5.63. The van der Waals surface area contributed by atoms with Crippen LogP contribution in [0.5, 0.6) is 5.75 Å². The minimum Gasteiger partial charge on any atom is -0.507 e. The van der Waals surface area contributed by atoms with Gasteiger partial charge in [0, 0.05) is 11.8 Å². The predicted molar refractivity (Wildman–Crippen MR) is 92.5 cm³/mol. The van der Waals surface area contributed by atoms with Crippen LogP contribution in [0.2, 0.25) is 0 Å². The molecule has 0 saturated heterocycles. The van der Waals surface area contributed by atoms with Crippen molar-refractivity contribution in [2.24, 2.45) is 5.10 Å². The number of nitrogens with one attached hydrogen (secondary N) is 1. The fourth-order valence-corrected chi connectivity index (χ4v) is 2.57. The van der Waals surface area contributed by atoms with E-state index in [9.17, 15) is 9.90 Å². The van der Waals surface area contributed by atoms with Crippen LogP contribution in [0.4, 0.5) is 0 Å². The topological polar surface area (TPSA) is 79.0 Å². The van der Waals surface area contributed by atoms with Gasteiger partial charge in [0.15, 0.2) is 0 Å². The summed E-state index contributed by atoms with van der Waals surface area (Å²) in [5.41, 5.74) is 6.43. The zero-order chi connectivity index (χ0) is 17.3. The third-order valence-corrected chi connectivity index (χ3v) is 3.79. The lowest BCUT2D eigenvalue weighted by molar-refractivity contribution is 0.0948. The van der Waals surface area contributed by atoms with Crippen molar-refractivity contribution in [2.45, 2.75) is 20.8 Å². The van der Waals surface area contributed by atoms with E-state index in [1.54, 1.807) is 30.5 Å². The largest absolute Gasteiger partial charge is 0.507 e. The van der Waals surface area contributed by atoms with Gasteiger partial charge in [0.25, 0.3) is 5.91 Å². The van der Waals surface area contributed by atoms with Crippen LogP contribution in [0, 0.1) is 13.8 Å². The maximum absolute atomic E-state index is 12.5. The van der Waals surface area contributed by atoms with E-state index in [0.717, 1.165) is 5.56 Å². The van der Waals surface area contributed by atoms with E-state index < -0.39 is 0 Å². The number of pyridine rings is 1. The minimum absolute atomic E-state index is 0.127. The van der Waals surface area contributed by atoms with Crippen molar-refractivity contribution in [1.29, 1.82) is 0 Å². The number of hydrazone groups is 1. The second-order valence-corrected chi connectivity index (χ2v) is 5.63. The first kappa shape index (κ1) is 15.7. The number of aromatic nitrogens is 2. The van der Waals surface area contributed by atoms with Gasteiger partial charge < -0.3 is 5.11 Å². The molecule has 0 radical (unpaired) electrons. The third-order valence-electron chi connectivity index (χ3n) is 3.79. The highest BCUT2D eigenvalue weighted by atomic mass is 16.3. The fourth-order valence-electron chi connectivity index (χ4n) is 2.57. The van der Waals surface area contributed by atoms with E-state index in [4.69, 9.17) is 0 Å². The monoisotopic (exact) mass is 322 g/mol. The van der Waals surface area contributed by atoms with Crippen LogP contribution in [0.3, 0.4) is 0 Å². The Morgan fingerprint density at radius 3 is 2.83 bits per heavy atom. The van der Waals surface area contributed by atoms with Gasteiger partial charge in [-0.3, -0.25) is 9.20 Å². The number of carbonyl (C=O) groups is 1. The van der Waals surface area contributed by atoms with Crippen molar-refractivity contribution in [3.05, 3.63) is 65.1 Å². The van der Waals surface area contributed by atoms with Crippen molar-refractivity contribution in [2.75, 3.05) is 0 Å². The number of fused-ring (bicyclic) bond motifs is 1.